The highest BCUT2D eigenvalue weighted by molar-refractivity contribution is 7.78. The topological polar surface area (TPSA) is 17.1 Å². The molecular formula is C25H29OP. The minimum absolute atomic E-state index is 0.104. The molecule has 1 nitrogen and oxygen atoms in total. The van der Waals surface area contributed by atoms with E-state index in [-0.39, 0.29) is 5.41 Å². The third kappa shape index (κ3) is 3.76. The van der Waals surface area contributed by atoms with E-state index >= 15 is 0 Å². The first-order chi connectivity index (χ1) is 13.2. The summed E-state index contributed by atoms with van der Waals surface area (Å²) in [5, 5.41) is 2.01. The Hall–Kier alpha value is -1.85. The largest absolute Gasteiger partial charge is 0.314 e. The van der Waals surface area contributed by atoms with Crippen molar-refractivity contribution in [1.82, 2.24) is 0 Å². The second kappa shape index (κ2) is 8.03. The van der Waals surface area contributed by atoms with Gasteiger partial charge in [-0.3, -0.25) is 0 Å². The van der Waals surface area contributed by atoms with Gasteiger partial charge in [-0.15, -0.1) is 0 Å². The van der Waals surface area contributed by atoms with E-state index in [0.717, 1.165) is 23.2 Å². The van der Waals surface area contributed by atoms with Gasteiger partial charge in [-0.2, -0.15) is 0 Å². The van der Waals surface area contributed by atoms with Crippen LogP contribution in [0.3, 0.4) is 0 Å². The van der Waals surface area contributed by atoms with Crippen LogP contribution in [0.1, 0.15) is 38.5 Å². The first kappa shape index (κ1) is 18.5. The summed E-state index contributed by atoms with van der Waals surface area (Å²) in [6, 6.07) is 20.4. The molecule has 1 fully saturated rings. The molecule has 4 rings (SSSR count). The third-order valence-electron chi connectivity index (χ3n) is 6.40. The molecule has 0 unspecified atom stereocenters. The first-order valence-electron chi connectivity index (χ1n) is 10.3. The van der Waals surface area contributed by atoms with Gasteiger partial charge in [0.05, 0.1) is 0 Å². The molecule has 0 aliphatic heterocycles. The molecule has 0 aromatic heterocycles. The molecule has 0 amide bonds. The van der Waals surface area contributed by atoms with E-state index in [1.807, 2.05) is 36.4 Å². The summed E-state index contributed by atoms with van der Waals surface area (Å²) in [4.78, 5) is 0. The fraction of sp³-hybridized carbons (Fsp3) is 0.360. The zero-order chi connectivity index (χ0) is 18.6. The Balaban J connectivity index is 1.80. The van der Waals surface area contributed by atoms with Gasteiger partial charge in [-0.1, -0.05) is 104 Å². The number of hydrogen-bond donors (Lipinski definition) is 0. The minimum atomic E-state index is -2.69. The van der Waals surface area contributed by atoms with Crippen LogP contribution in [0.25, 0.3) is 0 Å². The Morgan fingerprint density at radius 1 is 0.778 bits per heavy atom. The van der Waals surface area contributed by atoms with E-state index in [1.54, 1.807) is 0 Å². The predicted octanol–water partition coefficient (Wildman–Crippen LogP) is 6.08. The molecule has 27 heavy (non-hydrogen) atoms. The van der Waals surface area contributed by atoms with Crippen LogP contribution in [0.4, 0.5) is 0 Å². The van der Waals surface area contributed by atoms with Crippen LogP contribution in [0.2, 0.25) is 0 Å². The molecule has 2 aliphatic carbocycles. The highest BCUT2D eigenvalue weighted by Gasteiger charge is 2.44. The summed E-state index contributed by atoms with van der Waals surface area (Å²) in [6.45, 7) is 0. The average Bonchev–Trinajstić information content (AvgIpc) is 2.76. The fourth-order valence-electron chi connectivity index (χ4n) is 4.97. The van der Waals surface area contributed by atoms with Crippen molar-refractivity contribution in [3.8, 4) is 0 Å². The summed E-state index contributed by atoms with van der Waals surface area (Å²) in [7, 11) is -2.69. The molecule has 0 spiro atoms. The molecule has 2 heteroatoms. The lowest BCUT2D eigenvalue weighted by Crippen LogP contribution is -2.38. The number of allylic oxidation sites excluding steroid dienone is 4. The van der Waals surface area contributed by atoms with Crippen LogP contribution in [0.5, 0.6) is 0 Å². The molecule has 0 atom stereocenters. The van der Waals surface area contributed by atoms with Crippen molar-refractivity contribution in [2.75, 3.05) is 6.16 Å². The zero-order valence-corrected chi connectivity index (χ0v) is 16.9. The molecule has 1 saturated carbocycles. The van der Waals surface area contributed by atoms with E-state index in [4.69, 9.17) is 0 Å². The second-order valence-corrected chi connectivity index (χ2v) is 10.9. The molecule has 140 valence electrons. The van der Waals surface area contributed by atoms with Gasteiger partial charge in [0.15, 0.2) is 0 Å². The molecule has 0 radical (unpaired) electrons. The van der Waals surface area contributed by atoms with Gasteiger partial charge >= 0.3 is 0 Å². The minimum Gasteiger partial charge on any atom is -0.314 e. The fourth-order valence-corrected chi connectivity index (χ4v) is 8.35. The predicted molar refractivity (Wildman–Crippen MR) is 117 cm³/mol. The van der Waals surface area contributed by atoms with E-state index in [2.05, 4.69) is 48.6 Å². The van der Waals surface area contributed by atoms with Gasteiger partial charge in [0.25, 0.3) is 0 Å². The number of benzene rings is 2. The van der Waals surface area contributed by atoms with Crippen LogP contribution >= 0.6 is 7.14 Å². The van der Waals surface area contributed by atoms with E-state index in [0.29, 0.717) is 5.92 Å². The summed E-state index contributed by atoms with van der Waals surface area (Å²) < 4.78 is 14.7. The highest BCUT2D eigenvalue weighted by Crippen LogP contribution is 2.56. The van der Waals surface area contributed by atoms with Crippen molar-refractivity contribution in [2.24, 2.45) is 11.3 Å². The van der Waals surface area contributed by atoms with E-state index in [1.165, 1.54) is 32.1 Å². The summed E-state index contributed by atoms with van der Waals surface area (Å²) in [6.07, 6.45) is 17.3. The standard InChI is InChI=1S/C25H29OP/c26-27(23-15-7-2-8-16-23,24-17-9-3-10-18-24)21-25(19-11-4-12-20-25)22-13-5-1-6-14-22/h2-3,5-10,13-18,22H,1,4,11-12,19-21H2. The van der Waals surface area contributed by atoms with Gasteiger partial charge in [-0.05, 0) is 24.7 Å². The molecule has 2 aromatic rings. The van der Waals surface area contributed by atoms with Gasteiger partial charge in [0.1, 0.15) is 7.14 Å². The SMILES string of the molecule is O=P(CC1(C2C=CCC=C2)CCCCC1)(c1ccccc1)c1ccccc1. The first-order valence-corrected chi connectivity index (χ1v) is 12.2. The average molecular weight is 376 g/mol. The Kier molecular flexibility index (Phi) is 5.50. The van der Waals surface area contributed by atoms with Crippen molar-refractivity contribution in [3.05, 3.63) is 85.0 Å². The lowest BCUT2D eigenvalue weighted by atomic mass is 9.66. The quantitative estimate of drug-likeness (QED) is 0.456. The van der Waals surface area contributed by atoms with E-state index < -0.39 is 7.14 Å². The van der Waals surface area contributed by atoms with Crippen molar-refractivity contribution < 1.29 is 4.57 Å². The monoisotopic (exact) mass is 376 g/mol. The molecule has 2 aromatic carbocycles. The van der Waals surface area contributed by atoms with Crippen LogP contribution in [-0.4, -0.2) is 6.16 Å². The Morgan fingerprint density at radius 2 is 1.30 bits per heavy atom. The molecule has 0 heterocycles. The van der Waals surface area contributed by atoms with Gasteiger partial charge < -0.3 is 4.57 Å². The molecule has 0 bridgehead atoms. The number of rotatable bonds is 5. The van der Waals surface area contributed by atoms with Crippen LogP contribution in [-0.2, 0) is 4.57 Å². The van der Waals surface area contributed by atoms with Crippen molar-refractivity contribution in [2.45, 2.75) is 38.5 Å². The Bertz CT molecular complexity index is 789. The lowest BCUT2D eigenvalue weighted by molar-refractivity contribution is 0.179. The maximum Gasteiger partial charge on any atom is 0.143 e. The van der Waals surface area contributed by atoms with Gasteiger partial charge in [0.2, 0.25) is 0 Å². The zero-order valence-electron chi connectivity index (χ0n) is 16.0. The molecule has 2 aliphatic rings. The lowest BCUT2D eigenvalue weighted by Gasteiger charge is -2.44. The maximum atomic E-state index is 14.7. The Labute approximate surface area is 163 Å². The normalized spacial score (nSPS) is 19.9. The summed E-state index contributed by atoms with van der Waals surface area (Å²) >= 11 is 0. The number of hydrogen-bond acceptors (Lipinski definition) is 1. The maximum absolute atomic E-state index is 14.7. The van der Waals surface area contributed by atoms with Crippen molar-refractivity contribution in [1.29, 1.82) is 0 Å². The van der Waals surface area contributed by atoms with E-state index in [9.17, 15) is 4.57 Å². The molecule has 0 saturated heterocycles. The summed E-state index contributed by atoms with van der Waals surface area (Å²) in [5.41, 5.74) is 0.104. The van der Waals surface area contributed by atoms with Crippen LogP contribution in [0, 0.1) is 11.3 Å². The Morgan fingerprint density at radius 3 is 1.81 bits per heavy atom. The van der Waals surface area contributed by atoms with Gasteiger partial charge in [0, 0.05) is 22.7 Å². The second-order valence-electron chi connectivity index (χ2n) is 8.11. The third-order valence-corrected chi connectivity index (χ3v) is 9.74. The summed E-state index contributed by atoms with van der Waals surface area (Å²) in [5.74, 6) is 0.410. The molecular weight excluding hydrogens is 347 g/mol. The highest BCUT2D eigenvalue weighted by atomic mass is 31.2. The van der Waals surface area contributed by atoms with Crippen molar-refractivity contribution in [3.63, 3.8) is 0 Å². The van der Waals surface area contributed by atoms with Crippen LogP contribution in [0.15, 0.2) is 85.0 Å². The van der Waals surface area contributed by atoms with Gasteiger partial charge in [-0.25, -0.2) is 0 Å². The van der Waals surface area contributed by atoms with Crippen molar-refractivity contribution >= 4 is 17.8 Å². The van der Waals surface area contributed by atoms with Crippen LogP contribution < -0.4 is 10.6 Å². The smallest absolute Gasteiger partial charge is 0.143 e. The molecule has 0 N–H and O–H groups in total.